The Bertz CT molecular complexity index is 641. The van der Waals surface area contributed by atoms with E-state index in [4.69, 9.17) is 15.9 Å². The Morgan fingerprint density at radius 2 is 2.00 bits per heavy atom. The van der Waals surface area contributed by atoms with E-state index < -0.39 is 5.82 Å². The summed E-state index contributed by atoms with van der Waals surface area (Å²) in [5, 5.41) is 7.49. The van der Waals surface area contributed by atoms with E-state index in [-0.39, 0.29) is 11.7 Å². The second-order valence-corrected chi connectivity index (χ2v) is 4.23. The van der Waals surface area contributed by atoms with E-state index in [2.05, 4.69) is 4.98 Å². The molecule has 0 saturated heterocycles. The number of aromatic nitrogens is 1. The first-order valence-corrected chi connectivity index (χ1v) is 5.73. The fourth-order valence-electron chi connectivity index (χ4n) is 1.60. The lowest BCUT2D eigenvalue weighted by Crippen LogP contribution is -2.13. The fourth-order valence-corrected chi connectivity index (χ4v) is 1.60. The van der Waals surface area contributed by atoms with Crippen LogP contribution in [0.3, 0.4) is 0 Å². The van der Waals surface area contributed by atoms with Gasteiger partial charge >= 0.3 is 0 Å². The zero-order valence-corrected chi connectivity index (χ0v) is 10.7. The Hall–Kier alpha value is -2.43. The minimum atomic E-state index is -0.391. The van der Waals surface area contributed by atoms with Crippen LogP contribution >= 0.6 is 0 Å². The molecule has 2 rings (SSSR count). The van der Waals surface area contributed by atoms with E-state index in [9.17, 15) is 4.39 Å². The van der Waals surface area contributed by atoms with Crippen LogP contribution in [0.4, 0.5) is 4.39 Å². The summed E-state index contributed by atoms with van der Waals surface area (Å²) in [6.07, 6.45) is 0. The molecule has 0 saturated carbocycles. The van der Waals surface area contributed by atoms with Gasteiger partial charge in [-0.25, -0.2) is 9.37 Å². The van der Waals surface area contributed by atoms with Crippen molar-refractivity contribution in [2.24, 2.45) is 5.73 Å². The van der Waals surface area contributed by atoms with Crippen LogP contribution in [0.1, 0.15) is 16.8 Å². The second-order valence-electron chi connectivity index (χ2n) is 4.23. The van der Waals surface area contributed by atoms with E-state index in [1.54, 1.807) is 32.0 Å². The highest BCUT2D eigenvalue weighted by Crippen LogP contribution is 2.27. The molecule has 0 bridgehead atoms. The maximum absolute atomic E-state index is 13.2. The molecule has 0 spiro atoms. The van der Waals surface area contributed by atoms with Crippen molar-refractivity contribution in [3.63, 3.8) is 0 Å². The van der Waals surface area contributed by atoms with Crippen LogP contribution in [0.25, 0.3) is 0 Å². The summed E-state index contributed by atoms with van der Waals surface area (Å²) in [5.74, 6) is 0.0379. The molecule has 1 aromatic heterocycles. The molecular formula is C14H14FN3O. The van der Waals surface area contributed by atoms with Crippen LogP contribution in [-0.2, 0) is 0 Å². The number of aryl methyl sites for hydroxylation is 2. The predicted octanol–water partition coefficient (Wildman–Crippen LogP) is 2.91. The SMILES string of the molecule is Cc1ccc(C(=N)N)c(Oc2cc(F)ccc2C)n1. The molecule has 4 nitrogen and oxygen atoms in total. The van der Waals surface area contributed by atoms with Gasteiger partial charge in [0.25, 0.3) is 0 Å². The summed E-state index contributed by atoms with van der Waals surface area (Å²) in [7, 11) is 0. The van der Waals surface area contributed by atoms with Gasteiger partial charge in [-0.3, -0.25) is 5.41 Å². The van der Waals surface area contributed by atoms with E-state index >= 15 is 0 Å². The second kappa shape index (κ2) is 5.06. The number of nitrogen functional groups attached to an aromatic ring is 1. The lowest BCUT2D eigenvalue weighted by Gasteiger charge is -2.11. The number of nitrogens with two attached hydrogens (primary N) is 1. The zero-order valence-electron chi connectivity index (χ0n) is 10.7. The van der Waals surface area contributed by atoms with E-state index in [1.165, 1.54) is 12.1 Å². The summed E-state index contributed by atoms with van der Waals surface area (Å²) in [4.78, 5) is 4.19. The Labute approximate surface area is 110 Å². The topological polar surface area (TPSA) is 72.0 Å². The minimum Gasteiger partial charge on any atom is -0.438 e. The normalized spacial score (nSPS) is 10.3. The van der Waals surface area contributed by atoms with Gasteiger partial charge in [-0.1, -0.05) is 6.07 Å². The highest BCUT2D eigenvalue weighted by molar-refractivity contribution is 5.97. The van der Waals surface area contributed by atoms with Gasteiger partial charge in [-0.15, -0.1) is 0 Å². The van der Waals surface area contributed by atoms with Crippen LogP contribution in [-0.4, -0.2) is 10.8 Å². The van der Waals surface area contributed by atoms with Gasteiger partial charge in [0, 0.05) is 11.8 Å². The van der Waals surface area contributed by atoms with Crippen LogP contribution in [0.5, 0.6) is 11.6 Å². The molecule has 19 heavy (non-hydrogen) atoms. The van der Waals surface area contributed by atoms with Crippen molar-refractivity contribution in [2.75, 3.05) is 0 Å². The van der Waals surface area contributed by atoms with Crippen molar-refractivity contribution < 1.29 is 9.13 Å². The largest absolute Gasteiger partial charge is 0.438 e. The van der Waals surface area contributed by atoms with E-state index in [1.807, 2.05) is 0 Å². The number of rotatable bonds is 3. The Morgan fingerprint density at radius 3 is 2.68 bits per heavy atom. The number of halogens is 1. The van der Waals surface area contributed by atoms with Crippen molar-refractivity contribution in [2.45, 2.75) is 13.8 Å². The molecule has 0 amide bonds. The number of hydrogen-bond acceptors (Lipinski definition) is 3. The molecule has 98 valence electrons. The van der Waals surface area contributed by atoms with Crippen LogP contribution < -0.4 is 10.5 Å². The van der Waals surface area contributed by atoms with Gasteiger partial charge in [-0.2, -0.15) is 0 Å². The number of pyridine rings is 1. The number of ether oxygens (including phenoxy) is 1. The third-order valence-corrected chi connectivity index (χ3v) is 2.65. The quantitative estimate of drug-likeness (QED) is 0.657. The molecule has 0 aliphatic carbocycles. The molecule has 0 fully saturated rings. The number of amidine groups is 1. The van der Waals surface area contributed by atoms with Crippen LogP contribution in [0.2, 0.25) is 0 Å². The maximum Gasteiger partial charge on any atom is 0.230 e. The Balaban J connectivity index is 2.45. The molecule has 1 aromatic carbocycles. The third-order valence-electron chi connectivity index (χ3n) is 2.65. The monoisotopic (exact) mass is 259 g/mol. The van der Waals surface area contributed by atoms with Crippen molar-refractivity contribution in [1.29, 1.82) is 5.41 Å². The van der Waals surface area contributed by atoms with Gasteiger partial charge in [0.1, 0.15) is 17.4 Å². The summed E-state index contributed by atoms with van der Waals surface area (Å²) in [5.41, 5.74) is 7.37. The molecular weight excluding hydrogens is 245 g/mol. The maximum atomic E-state index is 13.2. The molecule has 0 aliphatic heterocycles. The Morgan fingerprint density at radius 1 is 1.26 bits per heavy atom. The summed E-state index contributed by atoms with van der Waals surface area (Å²) < 4.78 is 18.8. The molecule has 0 radical (unpaired) electrons. The van der Waals surface area contributed by atoms with Crippen molar-refractivity contribution in [3.05, 3.63) is 53.0 Å². The molecule has 3 N–H and O–H groups in total. The van der Waals surface area contributed by atoms with E-state index in [0.29, 0.717) is 11.3 Å². The number of benzene rings is 1. The van der Waals surface area contributed by atoms with Crippen molar-refractivity contribution >= 4 is 5.84 Å². The first kappa shape index (κ1) is 13.0. The summed E-state index contributed by atoms with van der Waals surface area (Å²) >= 11 is 0. The average molecular weight is 259 g/mol. The molecule has 1 heterocycles. The molecule has 5 heteroatoms. The van der Waals surface area contributed by atoms with Gasteiger partial charge in [0.2, 0.25) is 5.88 Å². The number of hydrogen-bond donors (Lipinski definition) is 2. The summed E-state index contributed by atoms with van der Waals surface area (Å²) in [6, 6.07) is 7.66. The average Bonchev–Trinajstić information content (AvgIpc) is 2.33. The van der Waals surface area contributed by atoms with Crippen molar-refractivity contribution in [1.82, 2.24) is 4.98 Å². The third kappa shape index (κ3) is 2.88. The van der Waals surface area contributed by atoms with E-state index in [0.717, 1.165) is 11.3 Å². The number of nitrogens with zero attached hydrogens (tertiary/aromatic N) is 1. The zero-order chi connectivity index (χ0) is 14.0. The lowest BCUT2D eigenvalue weighted by molar-refractivity contribution is 0.452. The first-order valence-electron chi connectivity index (χ1n) is 5.73. The smallest absolute Gasteiger partial charge is 0.230 e. The van der Waals surface area contributed by atoms with Gasteiger partial charge in [0.15, 0.2) is 0 Å². The minimum absolute atomic E-state index is 0.142. The Kier molecular flexibility index (Phi) is 3.46. The fraction of sp³-hybridized carbons (Fsp3) is 0.143. The summed E-state index contributed by atoms with van der Waals surface area (Å²) in [6.45, 7) is 3.60. The van der Waals surface area contributed by atoms with Gasteiger partial charge < -0.3 is 10.5 Å². The molecule has 0 unspecified atom stereocenters. The van der Waals surface area contributed by atoms with Crippen LogP contribution in [0, 0.1) is 25.1 Å². The highest BCUT2D eigenvalue weighted by Gasteiger charge is 2.11. The molecule has 2 aromatic rings. The lowest BCUT2D eigenvalue weighted by atomic mass is 10.2. The van der Waals surface area contributed by atoms with Crippen LogP contribution in [0.15, 0.2) is 30.3 Å². The highest BCUT2D eigenvalue weighted by atomic mass is 19.1. The van der Waals surface area contributed by atoms with Crippen molar-refractivity contribution in [3.8, 4) is 11.6 Å². The van der Waals surface area contributed by atoms with Gasteiger partial charge in [0.05, 0.1) is 5.56 Å². The first-order chi connectivity index (χ1) is 8.97. The molecule has 0 atom stereocenters. The predicted molar refractivity (Wildman–Crippen MR) is 71.2 cm³/mol. The number of nitrogens with one attached hydrogen (secondary N) is 1. The van der Waals surface area contributed by atoms with Gasteiger partial charge in [-0.05, 0) is 37.6 Å². The standard InChI is InChI=1S/C14H14FN3O/c1-8-3-5-10(15)7-12(8)19-14-11(13(16)17)6-4-9(2)18-14/h3-7H,1-2H3,(H3,16,17). The molecule has 0 aliphatic rings.